The number of nitrogens with zero attached hydrogens (tertiary/aromatic N) is 1. The van der Waals surface area contributed by atoms with E-state index in [9.17, 15) is 9.18 Å². The molecule has 1 atom stereocenters. The molecular formula is C17H15ClFN3O. The van der Waals surface area contributed by atoms with Gasteiger partial charge in [-0.1, -0.05) is 23.7 Å². The minimum Gasteiger partial charge on any atom is -0.309 e. The first-order valence-electron chi connectivity index (χ1n) is 7.20. The van der Waals surface area contributed by atoms with Crippen LogP contribution < -0.4 is 10.9 Å². The second-order valence-electron chi connectivity index (χ2n) is 5.33. The van der Waals surface area contributed by atoms with E-state index in [1.807, 2.05) is 13.0 Å². The fourth-order valence-corrected chi connectivity index (χ4v) is 2.55. The molecule has 0 amide bonds. The van der Waals surface area contributed by atoms with Crippen molar-refractivity contribution in [2.45, 2.75) is 19.5 Å². The van der Waals surface area contributed by atoms with Gasteiger partial charge in [0, 0.05) is 11.1 Å². The van der Waals surface area contributed by atoms with Crippen molar-refractivity contribution in [1.82, 2.24) is 15.3 Å². The van der Waals surface area contributed by atoms with Crippen molar-refractivity contribution in [1.29, 1.82) is 0 Å². The Hall–Kier alpha value is -2.24. The van der Waals surface area contributed by atoms with E-state index < -0.39 is 0 Å². The zero-order chi connectivity index (χ0) is 16.4. The highest BCUT2D eigenvalue weighted by molar-refractivity contribution is 6.31. The van der Waals surface area contributed by atoms with E-state index in [0.717, 1.165) is 5.56 Å². The number of H-pyrrole nitrogens is 1. The van der Waals surface area contributed by atoms with E-state index in [1.165, 1.54) is 12.1 Å². The van der Waals surface area contributed by atoms with Gasteiger partial charge in [-0.15, -0.1) is 0 Å². The molecule has 1 heterocycles. The standard InChI is InChI=1S/C17H15ClFN3O/c1-10(11-3-2-4-13(19)7-11)20-9-16-21-15-8-12(18)5-6-14(15)17(23)22-16/h2-8,10,20H,9H2,1H3,(H,21,22,23). The highest BCUT2D eigenvalue weighted by Crippen LogP contribution is 2.16. The Morgan fingerprint density at radius 2 is 2.13 bits per heavy atom. The molecule has 0 aliphatic heterocycles. The normalized spacial score (nSPS) is 12.5. The molecule has 0 radical (unpaired) electrons. The number of rotatable bonds is 4. The van der Waals surface area contributed by atoms with Crippen LogP contribution in [0.5, 0.6) is 0 Å². The summed E-state index contributed by atoms with van der Waals surface area (Å²) in [6.07, 6.45) is 0. The number of hydrogen-bond acceptors (Lipinski definition) is 3. The van der Waals surface area contributed by atoms with Gasteiger partial charge in [-0.25, -0.2) is 9.37 Å². The van der Waals surface area contributed by atoms with Crippen LogP contribution >= 0.6 is 11.6 Å². The Morgan fingerprint density at radius 3 is 2.91 bits per heavy atom. The molecule has 0 spiro atoms. The lowest BCUT2D eigenvalue weighted by molar-refractivity contribution is 0.552. The smallest absolute Gasteiger partial charge is 0.258 e. The first kappa shape index (κ1) is 15.6. The van der Waals surface area contributed by atoms with Gasteiger partial charge in [-0.05, 0) is 42.8 Å². The summed E-state index contributed by atoms with van der Waals surface area (Å²) < 4.78 is 13.3. The quantitative estimate of drug-likeness (QED) is 0.768. The first-order valence-corrected chi connectivity index (χ1v) is 7.58. The lowest BCUT2D eigenvalue weighted by Gasteiger charge is -2.14. The number of fused-ring (bicyclic) bond motifs is 1. The maximum Gasteiger partial charge on any atom is 0.258 e. The number of hydrogen-bond donors (Lipinski definition) is 2. The number of nitrogens with one attached hydrogen (secondary N) is 2. The lowest BCUT2D eigenvalue weighted by atomic mass is 10.1. The maximum absolute atomic E-state index is 13.3. The third-order valence-corrected chi connectivity index (χ3v) is 3.88. The Morgan fingerprint density at radius 1 is 1.30 bits per heavy atom. The fourth-order valence-electron chi connectivity index (χ4n) is 2.39. The van der Waals surface area contributed by atoms with Crippen molar-refractivity contribution >= 4 is 22.5 Å². The first-order chi connectivity index (χ1) is 11.0. The molecule has 1 unspecified atom stereocenters. The van der Waals surface area contributed by atoms with Crippen molar-refractivity contribution in [3.8, 4) is 0 Å². The van der Waals surface area contributed by atoms with E-state index >= 15 is 0 Å². The molecule has 118 valence electrons. The van der Waals surface area contributed by atoms with Crippen LogP contribution in [0.25, 0.3) is 10.9 Å². The van der Waals surface area contributed by atoms with Gasteiger partial charge in [-0.3, -0.25) is 4.79 Å². The molecule has 6 heteroatoms. The number of aromatic amines is 1. The van der Waals surface area contributed by atoms with Crippen molar-refractivity contribution in [2.24, 2.45) is 0 Å². The van der Waals surface area contributed by atoms with E-state index in [4.69, 9.17) is 11.6 Å². The molecule has 2 aromatic carbocycles. The molecule has 0 fully saturated rings. The third kappa shape index (κ3) is 3.57. The summed E-state index contributed by atoms with van der Waals surface area (Å²) in [6.45, 7) is 2.28. The second kappa shape index (κ2) is 6.48. The Kier molecular flexibility index (Phi) is 4.41. The Labute approximate surface area is 137 Å². The molecule has 0 saturated carbocycles. The summed E-state index contributed by atoms with van der Waals surface area (Å²) in [7, 11) is 0. The monoisotopic (exact) mass is 331 g/mol. The van der Waals surface area contributed by atoms with Gasteiger partial charge in [0.2, 0.25) is 0 Å². The van der Waals surface area contributed by atoms with E-state index in [0.29, 0.717) is 28.3 Å². The third-order valence-electron chi connectivity index (χ3n) is 3.64. The molecule has 1 aromatic heterocycles. The molecular weight excluding hydrogens is 317 g/mol. The van der Waals surface area contributed by atoms with Crippen molar-refractivity contribution in [2.75, 3.05) is 0 Å². The van der Waals surface area contributed by atoms with Gasteiger partial charge in [0.05, 0.1) is 17.4 Å². The van der Waals surface area contributed by atoms with Gasteiger partial charge in [-0.2, -0.15) is 0 Å². The van der Waals surface area contributed by atoms with Gasteiger partial charge < -0.3 is 10.3 Å². The average Bonchev–Trinajstić information content (AvgIpc) is 2.52. The molecule has 23 heavy (non-hydrogen) atoms. The molecule has 3 aromatic rings. The van der Waals surface area contributed by atoms with Gasteiger partial charge in [0.25, 0.3) is 5.56 Å². The van der Waals surface area contributed by atoms with Crippen LogP contribution in [0.4, 0.5) is 4.39 Å². The molecule has 0 saturated heterocycles. The Balaban J connectivity index is 1.80. The largest absolute Gasteiger partial charge is 0.309 e. The zero-order valence-corrected chi connectivity index (χ0v) is 13.2. The average molecular weight is 332 g/mol. The minimum atomic E-state index is -0.275. The van der Waals surface area contributed by atoms with Crippen LogP contribution in [0.3, 0.4) is 0 Å². The summed E-state index contributed by atoms with van der Waals surface area (Å²) >= 11 is 5.94. The minimum absolute atomic E-state index is 0.0777. The van der Waals surface area contributed by atoms with Crippen LogP contribution in [0.2, 0.25) is 5.02 Å². The molecule has 2 N–H and O–H groups in total. The van der Waals surface area contributed by atoms with Crippen LogP contribution in [0, 0.1) is 5.82 Å². The van der Waals surface area contributed by atoms with E-state index in [1.54, 1.807) is 24.3 Å². The molecule has 4 nitrogen and oxygen atoms in total. The van der Waals surface area contributed by atoms with Crippen LogP contribution in [-0.2, 0) is 6.54 Å². The number of halogens is 2. The van der Waals surface area contributed by atoms with Crippen LogP contribution in [0.1, 0.15) is 24.4 Å². The number of aromatic nitrogens is 2. The predicted molar refractivity (Wildman–Crippen MR) is 89.0 cm³/mol. The predicted octanol–water partition coefficient (Wildman–Crippen LogP) is 3.57. The second-order valence-corrected chi connectivity index (χ2v) is 5.77. The molecule has 0 bridgehead atoms. The highest BCUT2D eigenvalue weighted by atomic mass is 35.5. The summed E-state index contributed by atoms with van der Waals surface area (Å²) in [6, 6.07) is 11.3. The van der Waals surface area contributed by atoms with Gasteiger partial charge in [0.15, 0.2) is 0 Å². The SMILES string of the molecule is CC(NCc1nc2cc(Cl)ccc2c(=O)[nH]1)c1cccc(F)c1. The van der Waals surface area contributed by atoms with E-state index in [-0.39, 0.29) is 17.4 Å². The molecule has 0 aliphatic rings. The van der Waals surface area contributed by atoms with Crippen LogP contribution in [0.15, 0.2) is 47.3 Å². The van der Waals surface area contributed by atoms with Crippen molar-refractivity contribution in [3.63, 3.8) is 0 Å². The molecule has 0 aliphatic carbocycles. The van der Waals surface area contributed by atoms with Crippen LogP contribution in [-0.4, -0.2) is 9.97 Å². The van der Waals surface area contributed by atoms with E-state index in [2.05, 4.69) is 15.3 Å². The fraction of sp³-hybridized carbons (Fsp3) is 0.176. The van der Waals surface area contributed by atoms with Gasteiger partial charge in [0.1, 0.15) is 11.6 Å². The highest BCUT2D eigenvalue weighted by Gasteiger charge is 2.08. The summed E-state index contributed by atoms with van der Waals surface area (Å²) in [5.74, 6) is 0.232. The number of benzene rings is 2. The van der Waals surface area contributed by atoms with Gasteiger partial charge >= 0.3 is 0 Å². The lowest BCUT2D eigenvalue weighted by Crippen LogP contribution is -2.22. The van der Waals surface area contributed by atoms with Crippen molar-refractivity contribution in [3.05, 3.63) is 75.0 Å². The summed E-state index contributed by atoms with van der Waals surface area (Å²) in [4.78, 5) is 19.2. The summed E-state index contributed by atoms with van der Waals surface area (Å²) in [5.41, 5.74) is 1.18. The topological polar surface area (TPSA) is 57.8 Å². The Bertz CT molecular complexity index is 910. The van der Waals surface area contributed by atoms with Crippen molar-refractivity contribution < 1.29 is 4.39 Å². The maximum atomic E-state index is 13.3. The molecule has 3 rings (SSSR count). The summed E-state index contributed by atoms with van der Waals surface area (Å²) in [5, 5.41) is 4.24. The zero-order valence-electron chi connectivity index (χ0n) is 12.4.